The molecular formula is C29H37F2N5O7. The minimum atomic E-state index is -0.938. The van der Waals surface area contributed by atoms with Gasteiger partial charge in [0.1, 0.15) is 36.3 Å². The standard InChI is InChI=1S/C29H37F2N5O7/c1-18-11-23-16-35(19(2)7-9-43-33-18)28(38)26-25(41-17-42-29(39)40-10-8-34(3)4)12-21(15-36(23)26)27(37)32-14-20-5-6-22(30)13-24(20)31/h5-6,13,15,19,23H,7-12,14,16-17H2,1-4H3,(H,32,37)/b33-18-/t19-,23-/m0/s1. The zero-order chi connectivity index (χ0) is 31.1. The maximum Gasteiger partial charge on any atom is 0.511 e. The molecular weight excluding hydrogens is 568 g/mol. The number of carbonyl (C=O) groups is 3. The van der Waals surface area contributed by atoms with Gasteiger partial charge in [-0.2, -0.15) is 0 Å². The van der Waals surface area contributed by atoms with Gasteiger partial charge >= 0.3 is 6.16 Å². The molecule has 0 unspecified atom stereocenters. The van der Waals surface area contributed by atoms with Crippen molar-refractivity contribution < 1.29 is 42.2 Å². The van der Waals surface area contributed by atoms with E-state index in [1.54, 1.807) is 16.0 Å². The number of rotatable bonds is 9. The van der Waals surface area contributed by atoms with Crippen molar-refractivity contribution >= 4 is 23.7 Å². The Morgan fingerprint density at radius 2 is 2.02 bits per heavy atom. The number of benzene rings is 1. The molecule has 0 saturated carbocycles. The molecule has 14 heteroatoms. The van der Waals surface area contributed by atoms with Crippen LogP contribution in [0.1, 0.15) is 38.7 Å². The lowest BCUT2D eigenvalue weighted by Crippen LogP contribution is -2.57. The summed E-state index contributed by atoms with van der Waals surface area (Å²) >= 11 is 0. The Balaban J connectivity index is 1.58. The van der Waals surface area contributed by atoms with Gasteiger partial charge in [-0.1, -0.05) is 11.2 Å². The second-order valence-corrected chi connectivity index (χ2v) is 10.8. The Kier molecular flexibility index (Phi) is 10.6. The van der Waals surface area contributed by atoms with Crippen LogP contribution in [0.4, 0.5) is 13.6 Å². The maximum atomic E-state index is 14.2. The molecule has 2 atom stereocenters. The molecule has 3 aliphatic rings. The number of likely N-dealkylation sites (N-methyl/N-ethyl adjacent to an activating group) is 1. The van der Waals surface area contributed by atoms with Gasteiger partial charge in [0.25, 0.3) is 5.91 Å². The van der Waals surface area contributed by atoms with Crippen LogP contribution in [0.2, 0.25) is 0 Å². The third kappa shape index (κ3) is 8.21. The first-order valence-electron chi connectivity index (χ1n) is 14.0. The van der Waals surface area contributed by atoms with Crippen LogP contribution in [-0.2, 0) is 35.2 Å². The molecule has 1 N–H and O–H groups in total. The van der Waals surface area contributed by atoms with Gasteiger partial charge in [0.2, 0.25) is 12.7 Å². The molecule has 43 heavy (non-hydrogen) atoms. The van der Waals surface area contributed by atoms with Crippen molar-refractivity contribution in [3.63, 3.8) is 0 Å². The summed E-state index contributed by atoms with van der Waals surface area (Å²) in [6.07, 6.45) is 1.53. The Labute approximate surface area is 248 Å². The predicted molar refractivity (Wildman–Crippen MR) is 150 cm³/mol. The first-order valence-corrected chi connectivity index (χ1v) is 14.0. The van der Waals surface area contributed by atoms with Gasteiger partial charge in [0.15, 0.2) is 0 Å². The van der Waals surface area contributed by atoms with Crippen molar-refractivity contribution in [1.82, 2.24) is 20.0 Å². The van der Waals surface area contributed by atoms with E-state index in [0.717, 1.165) is 12.1 Å². The smallest absolute Gasteiger partial charge is 0.459 e. The number of ether oxygens (including phenoxy) is 3. The number of amides is 2. The summed E-state index contributed by atoms with van der Waals surface area (Å²) in [5.41, 5.74) is 1.27. The van der Waals surface area contributed by atoms with Gasteiger partial charge in [0, 0.05) is 68.3 Å². The van der Waals surface area contributed by atoms with Gasteiger partial charge in [-0.05, 0) is 34.0 Å². The van der Waals surface area contributed by atoms with Crippen LogP contribution in [0.3, 0.4) is 0 Å². The molecule has 234 valence electrons. The SMILES string of the molecule is C/C1=N/OCC[C@H](C)N2C[C@H](C1)N1C=C(C(=O)NCc3ccc(F)cc3F)CC(OCOC(=O)OCCN(C)C)=C1C2=O. The molecule has 4 rings (SSSR count). The lowest BCUT2D eigenvalue weighted by Gasteiger charge is -2.46. The van der Waals surface area contributed by atoms with Crippen molar-refractivity contribution in [1.29, 1.82) is 0 Å². The van der Waals surface area contributed by atoms with Gasteiger partial charge in [0.05, 0.1) is 11.8 Å². The first kappa shape index (κ1) is 31.7. The summed E-state index contributed by atoms with van der Waals surface area (Å²) in [5, 5.41) is 6.83. The average molecular weight is 606 g/mol. The predicted octanol–water partition coefficient (Wildman–Crippen LogP) is 2.86. The highest BCUT2D eigenvalue weighted by Gasteiger charge is 2.43. The van der Waals surface area contributed by atoms with E-state index in [9.17, 15) is 23.2 Å². The normalized spacial score (nSPS) is 21.7. The van der Waals surface area contributed by atoms with E-state index in [4.69, 9.17) is 19.0 Å². The summed E-state index contributed by atoms with van der Waals surface area (Å²) in [6.45, 7) is 4.34. The maximum absolute atomic E-state index is 14.2. The van der Waals surface area contributed by atoms with E-state index in [2.05, 4.69) is 10.5 Å². The van der Waals surface area contributed by atoms with Gasteiger partial charge < -0.3 is 39.1 Å². The van der Waals surface area contributed by atoms with Crippen LogP contribution in [0.5, 0.6) is 0 Å². The number of hydrogen-bond donors (Lipinski definition) is 1. The molecule has 0 aliphatic carbocycles. The molecule has 3 heterocycles. The Morgan fingerprint density at radius 3 is 2.77 bits per heavy atom. The van der Waals surface area contributed by atoms with Gasteiger partial charge in [-0.3, -0.25) is 9.59 Å². The molecule has 1 saturated heterocycles. The summed E-state index contributed by atoms with van der Waals surface area (Å²) in [7, 11) is 3.67. The number of nitrogens with one attached hydrogen (secondary N) is 1. The fraction of sp³-hybridized carbons (Fsp3) is 0.517. The molecule has 2 amide bonds. The average Bonchev–Trinajstić information content (AvgIpc) is 2.95. The number of nitrogens with zero attached hydrogens (tertiary/aromatic N) is 4. The van der Waals surface area contributed by atoms with Gasteiger partial charge in [-0.15, -0.1) is 0 Å². The lowest BCUT2D eigenvalue weighted by molar-refractivity contribution is -0.136. The van der Waals surface area contributed by atoms with Crippen molar-refractivity contribution in [3.8, 4) is 0 Å². The molecule has 3 aliphatic heterocycles. The molecule has 12 nitrogen and oxygen atoms in total. The minimum absolute atomic E-state index is 0.0978. The van der Waals surface area contributed by atoms with E-state index in [0.29, 0.717) is 38.2 Å². The van der Waals surface area contributed by atoms with E-state index in [1.807, 2.05) is 32.8 Å². The topological polar surface area (TPSA) is 122 Å². The van der Waals surface area contributed by atoms with Crippen LogP contribution >= 0.6 is 0 Å². The molecule has 1 aromatic carbocycles. The monoisotopic (exact) mass is 605 g/mol. The van der Waals surface area contributed by atoms with Crippen molar-refractivity contribution in [3.05, 3.63) is 58.6 Å². The van der Waals surface area contributed by atoms with Crippen LogP contribution in [0, 0.1) is 11.6 Å². The molecule has 0 spiro atoms. The third-order valence-corrected chi connectivity index (χ3v) is 7.26. The first-order chi connectivity index (χ1) is 20.5. The molecule has 2 bridgehead atoms. The molecule has 0 radical (unpaired) electrons. The van der Waals surface area contributed by atoms with Crippen molar-refractivity contribution in [2.75, 3.05) is 47.2 Å². The van der Waals surface area contributed by atoms with Crippen molar-refractivity contribution in [2.24, 2.45) is 5.16 Å². The summed E-state index contributed by atoms with van der Waals surface area (Å²) in [5.74, 6) is -2.21. The number of oxime groups is 1. The fourth-order valence-electron chi connectivity index (χ4n) is 4.90. The second kappa shape index (κ2) is 14.3. The minimum Gasteiger partial charge on any atom is -0.459 e. The van der Waals surface area contributed by atoms with Gasteiger partial charge in [-0.25, -0.2) is 13.6 Å². The second-order valence-electron chi connectivity index (χ2n) is 10.8. The number of fused-ring (bicyclic) bond motifs is 4. The number of hydrogen-bond acceptors (Lipinski definition) is 10. The van der Waals surface area contributed by atoms with Crippen LogP contribution in [0.15, 0.2) is 46.6 Å². The fourth-order valence-corrected chi connectivity index (χ4v) is 4.90. The lowest BCUT2D eigenvalue weighted by atomic mass is 9.96. The van der Waals surface area contributed by atoms with E-state index < -0.39 is 30.5 Å². The zero-order valence-electron chi connectivity index (χ0n) is 24.7. The van der Waals surface area contributed by atoms with Crippen LogP contribution < -0.4 is 5.32 Å². The highest BCUT2D eigenvalue weighted by Crippen LogP contribution is 2.35. The van der Waals surface area contributed by atoms with Crippen LogP contribution in [-0.4, -0.2) is 97.7 Å². The number of carbonyl (C=O) groups excluding carboxylic acids is 3. The number of piperazine rings is 1. The van der Waals surface area contributed by atoms with E-state index in [1.165, 1.54) is 6.07 Å². The Morgan fingerprint density at radius 1 is 1.23 bits per heavy atom. The summed E-state index contributed by atoms with van der Waals surface area (Å²) in [4.78, 5) is 49.9. The largest absolute Gasteiger partial charge is 0.511 e. The molecule has 1 fully saturated rings. The molecule has 1 aromatic rings. The number of allylic oxidation sites excluding steroid dienone is 1. The zero-order valence-corrected chi connectivity index (χ0v) is 24.7. The van der Waals surface area contributed by atoms with Crippen molar-refractivity contribution in [2.45, 2.75) is 51.7 Å². The third-order valence-electron chi connectivity index (χ3n) is 7.26. The Hall–Kier alpha value is -4.20. The van der Waals surface area contributed by atoms with E-state index in [-0.39, 0.29) is 60.2 Å². The number of halogens is 2. The highest BCUT2D eigenvalue weighted by atomic mass is 19.1. The molecule has 0 aromatic heterocycles. The quantitative estimate of drug-likeness (QED) is 0.335. The summed E-state index contributed by atoms with van der Waals surface area (Å²) in [6, 6.07) is 2.63. The van der Waals surface area contributed by atoms with Crippen LogP contribution in [0.25, 0.3) is 0 Å². The Bertz CT molecular complexity index is 1320. The van der Waals surface area contributed by atoms with E-state index >= 15 is 0 Å². The summed E-state index contributed by atoms with van der Waals surface area (Å²) < 4.78 is 43.4. The highest BCUT2D eigenvalue weighted by molar-refractivity contribution is 5.99.